The van der Waals surface area contributed by atoms with Gasteiger partial charge in [-0.05, 0) is 49.3 Å². The summed E-state index contributed by atoms with van der Waals surface area (Å²) in [5, 5.41) is 1.47. The predicted octanol–water partition coefficient (Wildman–Crippen LogP) is 2.20. The van der Waals surface area contributed by atoms with Crippen LogP contribution >= 0.6 is 0 Å². The van der Waals surface area contributed by atoms with E-state index in [4.69, 9.17) is 11.5 Å². The van der Waals surface area contributed by atoms with Gasteiger partial charge in [0, 0.05) is 5.39 Å². The van der Waals surface area contributed by atoms with Crippen molar-refractivity contribution in [2.75, 3.05) is 4.90 Å². The molecule has 1 saturated carbocycles. The van der Waals surface area contributed by atoms with Crippen LogP contribution in [0.1, 0.15) is 32.1 Å². The number of hydrogen-bond acceptors (Lipinski definition) is 7. The zero-order valence-corrected chi connectivity index (χ0v) is 15.5. The third-order valence-electron chi connectivity index (χ3n) is 5.22. The summed E-state index contributed by atoms with van der Waals surface area (Å²) in [6.07, 6.45) is 4.64. The lowest BCUT2D eigenvalue weighted by Gasteiger charge is -2.46. The number of anilines is 1. The molecular formula is C18H21N5O3S. The molecule has 1 fully saturated rings. The molecule has 1 aliphatic heterocycles. The van der Waals surface area contributed by atoms with Crippen LogP contribution in [0.15, 0.2) is 51.3 Å². The molecule has 27 heavy (non-hydrogen) atoms. The van der Waals surface area contributed by atoms with Crippen LogP contribution in [0.4, 0.5) is 5.69 Å². The maximum absolute atomic E-state index is 11.6. The molecule has 0 bridgehead atoms. The highest BCUT2D eigenvalue weighted by atomic mass is 32.2. The fourth-order valence-electron chi connectivity index (χ4n) is 4.06. The fraction of sp³-hybridized carbons (Fsp3) is 0.333. The Morgan fingerprint density at radius 3 is 2.52 bits per heavy atom. The highest BCUT2D eigenvalue weighted by Crippen LogP contribution is 2.42. The maximum atomic E-state index is 11.6. The van der Waals surface area contributed by atoms with E-state index in [-0.39, 0.29) is 16.8 Å². The minimum atomic E-state index is -4.32. The van der Waals surface area contributed by atoms with E-state index >= 15 is 0 Å². The summed E-state index contributed by atoms with van der Waals surface area (Å²) in [5.74, 6) is 0.388. The first-order chi connectivity index (χ1) is 12.8. The Morgan fingerprint density at radius 1 is 1.07 bits per heavy atom. The van der Waals surface area contributed by atoms with Gasteiger partial charge in [-0.15, -0.1) is 0 Å². The Balaban J connectivity index is 1.95. The van der Waals surface area contributed by atoms with Gasteiger partial charge in [0.2, 0.25) is 11.9 Å². The highest BCUT2D eigenvalue weighted by molar-refractivity contribution is 7.85. The molecular weight excluding hydrogens is 366 g/mol. The Labute approximate surface area is 157 Å². The molecule has 2 aliphatic rings. The van der Waals surface area contributed by atoms with E-state index in [2.05, 4.69) is 9.98 Å². The smallest absolute Gasteiger partial charge is 0.294 e. The number of nitrogens with zero attached hydrogens (tertiary/aromatic N) is 3. The monoisotopic (exact) mass is 387 g/mol. The SMILES string of the molecule is NC1=NC2(CCCCC2)N(c2cccc3ccc(S(=O)(=O)O)cc23)C(N)=N1. The van der Waals surface area contributed by atoms with Crippen molar-refractivity contribution in [2.45, 2.75) is 42.7 Å². The average Bonchev–Trinajstić information content (AvgIpc) is 2.60. The summed E-state index contributed by atoms with van der Waals surface area (Å²) in [6, 6.07) is 10.1. The van der Waals surface area contributed by atoms with E-state index in [9.17, 15) is 13.0 Å². The molecule has 5 N–H and O–H groups in total. The molecule has 0 radical (unpaired) electrons. The van der Waals surface area contributed by atoms with Crippen LogP contribution in [-0.4, -0.2) is 30.6 Å². The van der Waals surface area contributed by atoms with Crippen molar-refractivity contribution in [3.05, 3.63) is 36.4 Å². The van der Waals surface area contributed by atoms with Gasteiger partial charge in [0.25, 0.3) is 10.1 Å². The number of rotatable bonds is 2. The molecule has 1 heterocycles. The van der Waals surface area contributed by atoms with Gasteiger partial charge in [0.1, 0.15) is 5.66 Å². The van der Waals surface area contributed by atoms with Crippen LogP contribution in [0.25, 0.3) is 10.8 Å². The third-order valence-corrected chi connectivity index (χ3v) is 6.07. The number of guanidine groups is 2. The minimum Gasteiger partial charge on any atom is -0.369 e. The summed E-state index contributed by atoms with van der Waals surface area (Å²) < 4.78 is 32.7. The van der Waals surface area contributed by atoms with Gasteiger partial charge >= 0.3 is 0 Å². The molecule has 4 rings (SSSR count). The highest BCUT2D eigenvalue weighted by Gasteiger charge is 2.43. The molecule has 0 amide bonds. The van der Waals surface area contributed by atoms with Crippen LogP contribution in [0.2, 0.25) is 0 Å². The minimum absolute atomic E-state index is 0.157. The van der Waals surface area contributed by atoms with Gasteiger partial charge in [0.15, 0.2) is 0 Å². The van der Waals surface area contributed by atoms with Crippen LogP contribution in [0, 0.1) is 0 Å². The topological polar surface area (TPSA) is 134 Å². The molecule has 0 saturated heterocycles. The molecule has 0 unspecified atom stereocenters. The Hall–Kier alpha value is -2.65. The van der Waals surface area contributed by atoms with E-state index < -0.39 is 15.8 Å². The molecule has 0 atom stereocenters. The molecule has 0 aromatic heterocycles. The molecule has 8 nitrogen and oxygen atoms in total. The van der Waals surface area contributed by atoms with E-state index in [0.29, 0.717) is 11.1 Å². The van der Waals surface area contributed by atoms with Gasteiger partial charge in [-0.2, -0.15) is 13.4 Å². The van der Waals surface area contributed by atoms with Crippen LogP contribution in [0.5, 0.6) is 0 Å². The van der Waals surface area contributed by atoms with Gasteiger partial charge in [-0.1, -0.05) is 24.6 Å². The van der Waals surface area contributed by atoms with Gasteiger partial charge in [0.05, 0.1) is 10.6 Å². The van der Waals surface area contributed by atoms with Gasteiger partial charge < -0.3 is 11.5 Å². The zero-order chi connectivity index (χ0) is 19.2. The van der Waals surface area contributed by atoms with Crippen molar-refractivity contribution < 1.29 is 13.0 Å². The summed E-state index contributed by atoms with van der Waals surface area (Å²) >= 11 is 0. The first-order valence-electron chi connectivity index (χ1n) is 8.80. The van der Waals surface area contributed by atoms with Crippen molar-refractivity contribution >= 4 is 38.5 Å². The quantitative estimate of drug-likeness (QED) is 0.676. The molecule has 1 aliphatic carbocycles. The zero-order valence-electron chi connectivity index (χ0n) is 14.7. The summed E-state index contributed by atoms with van der Waals surface area (Å²) in [7, 11) is -4.32. The maximum Gasteiger partial charge on any atom is 0.294 e. The molecule has 142 valence electrons. The lowest BCUT2D eigenvalue weighted by molar-refractivity contribution is 0.306. The molecule has 2 aromatic rings. The first-order valence-corrected chi connectivity index (χ1v) is 10.2. The lowest BCUT2D eigenvalue weighted by atomic mass is 9.87. The third kappa shape index (κ3) is 3.02. The number of fused-ring (bicyclic) bond motifs is 1. The van der Waals surface area contributed by atoms with E-state index in [1.54, 1.807) is 6.07 Å². The first kappa shape index (κ1) is 17.7. The van der Waals surface area contributed by atoms with Crippen molar-refractivity contribution in [1.82, 2.24) is 0 Å². The Morgan fingerprint density at radius 2 is 1.81 bits per heavy atom. The summed E-state index contributed by atoms with van der Waals surface area (Å²) in [5.41, 5.74) is 12.2. The van der Waals surface area contributed by atoms with E-state index in [0.717, 1.165) is 37.5 Å². The average molecular weight is 387 g/mol. The number of aliphatic imine (C=N–C) groups is 2. The second-order valence-electron chi connectivity index (χ2n) is 6.95. The van der Waals surface area contributed by atoms with Crippen LogP contribution in [0.3, 0.4) is 0 Å². The van der Waals surface area contributed by atoms with E-state index in [1.165, 1.54) is 12.1 Å². The van der Waals surface area contributed by atoms with E-state index in [1.807, 2.05) is 23.1 Å². The standard InChI is InChI=1S/C18H21N5O3S/c19-16-21-17(20)23(18(22-16)9-2-1-3-10-18)15-6-4-5-12-7-8-13(11-14(12)15)27(24,25)26/h4-8,11H,1-3,9-10H2,(H,24,25,26)(H4,19,20,21,22). The molecule has 2 aromatic carbocycles. The second kappa shape index (κ2) is 6.21. The van der Waals surface area contributed by atoms with Gasteiger partial charge in [-0.25, -0.2) is 4.99 Å². The van der Waals surface area contributed by atoms with Crippen molar-refractivity contribution in [3.8, 4) is 0 Å². The number of benzene rings is 2. The predicted molar refractivity (Wildman–Crippen MR) is 105 cm³/mol. The number of nitrogens with two attached hydrogens (primary N) is 2. The fourth-order valence-corrected chi connectivity index (χ4v) is 4.57. The normalized spacial score (nSPS) is 19.8. The lowest BCUT2D eigenvalue weighted by Crippen LogP contribution is -2.58. The van der Waals surface area contributed by atoms with Crippen molar-refractivity contribution in [2.24, 2.45) is 21.5 Å². The number of hydrogen-bond donors (Lipinski definition) is 3. The van der Waals surface area contributed by atoms with Crippen LogP contribution < -0.4 is 16.4 Å². The molecule has 9 heteroatoms. The summed E-state index contributed by atoms with van der Waals surface area (Å²) in [6.45, 7) is 0. The van der Waals surface area contributed by atoms with Crippen molar-refractivity contribution in [3.63, 3.8) is 0 Å². The largest absolute Gasteiger partial charge is 0.369 e. The van der Waals surface area contributed by atoms with Crippen LogP contribution in [-0.2, 0) is 10.1 Å². The molecule has 1 spiro atoms. The Kier molecular flexibility index (Phi) is 4.08. The second-order valence-corrected chi connectivity index (χ2v) is 8.38. The van der Waals surface area contributed by atoms with Crippen molar-refractivity contribution in [1.29, 1.82) is 0 Å². The Bertz CT molecular complexity index is 1070. The summed E-state index contributed by atoms with van der Waals surface area (Å²) in [4.78, 5) is 10.5. The van der Waals surface area contributed by atoms with Gasteiger partial charge in [-0.3, -0.25) is 9.45 Å².